The molecular weight excluding hydrogens is 250 g/mol. The van der Waals surface area contributed by atoms with Crippen LogP contribution in [0.2, 0.25) is 0 Å². The Hall–Kier alpha value is -0.130. The molecule has 2 rings (SSSR count). The summed E-state index contributed by atoms with van der Waals surface area (Å²) in [6.07, 6.45) is 6.38. The molecule has 1 aromatic heterocycles. The predicted octanol–water partition coefficient (Wildman–Crippen LogP) is 2.97. The summed E-state index contributed by atoms with van der Waals surface area (Å²) in [5.41, 5.74) is 0. The minimum absolute atomic E-state index is 0.747. The Bertz CT molecular complexity index is 340. The van der Waals surface area contributed by atoms with Gasteiger partial charge in [-0.3, -0.25) is 0 Å². The third-order valence-electron chi connectivity index (χ3n) is 3.51. The molecule has 0 bridgehead atoms. The molecule has 0 radical (unpaired) electrons. The maximum atomic E-state index is 4.49. The fourth-order valence-corrected chi connectivity index (χ4v) is 4.34. The zero-order valence-electron chi connectivity index (χ0n) is 10.6. The van der Waals surface area contributed by atoms with E-state index in [1.165, 1.54) is 31.4 Å². The van der Waals surface area contributed by atoms with Gasteiger partial charge in [0.05, 0.1) is 0 Å². The van der Waals surface area contributed by atoms with Gasteiger partial charge in [0.2, 0.25) is 0 Å². The van der Waals surface area contributed by atoms with Crippen LogP contribution >= 0.6 is 23.3 Å². The number of nitrogens with zero attached hydrogens (tertiary/aromatic N) is 2. The van der Waals surface area contributed by atoms with Crippen LogP contribution in [-0.4, -0.2) is 28.2 Å². The van der Waals surface area contributed by atoms with E-state index in [9.17, 15) is 0 Å². The molecule has 0 aromatic carbocycles. The van der Waals surface area contributed by atoms with E-state index in [4.69, 9.17) is 0 Å². The molecule has 2 unspecified atom stereocenters. The summed E-state index contributed by atoms with van der Waals surface area (Å²) in [6, 6.07) is 0.747. The molecule has 0 spiro atoms. The van der Waals surface area contributed by atoms with Gasteiger partial charge in [-0.25, -0.2) is 4.98 Å². The van der Waals surface area contributed by atoms with Gasteiger partial charge in [0, 0.05) is 18.2 Å². The lowest BCUT2D eigenvalue weighted by atomic mass is 10.0. The summed E-state index contributed by atoms with van der Waals surface area (Å²) < 4.78 is 5.45. The Morgan fingerprint density at radius 1 is 1.47 bits per heavy atom. The largest absolute Gasteiger partial charge is 0.317 e. The highest BCUT2D eigenvalue weighted by Crippen LogP contribution is 2.31. The topological polar surface area (TPSA) is 37.8 Å². The van der Waals surface area contributed by atoms with Gasteiger partial charge in [0.15, 0.2) is 4.34 Å². The van der Waals surface area contributed by atoms with Crippen LogP contribution in [-0.2, 0) is 6.42 Å². The van der Waals surface area contributed by atoms with Crippen molar-refractivity contribution in [3.8, 4) is 0 Å². The zero-order valence-corrected chi connectivity index (χ0v) is 12.2. The highest BCUT2D eigenvalue weighted by molar-refractivity contribution is 8.00. The van der Waals surface area contributed by atoms with Gasteiger partial charge < -0.3 is 5.32 Å². The second-order valence-electron chi connectivity index (χ2n) is 4.55. The van der Waals surface area contributed by atoms with Crippen LogP contribution in [0.1, 0.15) is 38.4 Å². The summed E-state index contributed by atoms with van der Waals surface area (Å²) in [6.45, 7) is 2.10. The highest BCUT2D eigenvalue weighted by Gasteiger charge is 2.25. The minimum Gasteiger partial charge on any atom is -0.317 e. The molecule has 1 aliphatic rings. The van der Waals surface area contributed by atoms with Crippen molar-refractivity contribution in [2.45, 2.75) is 49.4 Å². The molecule has 3 nitrogen and oxygen atoms in total. The van der Waals surface area contributed by atoms with E-state index in [1.807, 2.05) is 11.8 Å². The Morgan fingerprint density at radius 3 is 3.06 bits per heavy atom. The van der Waals surface area contributed by atoms with Gasteiger partial charge in [-0.2, -0.15) is 4.37 Å². The van der Waals surface area contributed by atoms with Crippen LogP contribution in [0.3, 0.4) is 0 Å². The molecule has 2 atom stereocenters. The Kier molecular flexibility index (Phi) is 5.25. The average molecular weight is 271 g/mol. The summed E-state index contributed by atoms with van der Waals surface area (Å²) >= 11 is 3.42. The van der Waals surface area contributed by atoms with Crippen molar-refractivity contribution < 1.29 is 0 Å². The van der Waals surface area contributed by atoms with Crippen molar-refractivity contribution in [1.29, 1.82) is 0 Å². The summed E-state index contributed by atoms with van der Waals surface area (Å²) in [4.78, 5) is 4.49. The molecule has 5 heteroatoms. The van der Waals surface area contributed by atoms with Crippen molar-refractivity contribution in [1.82, 2.24) is 14.7 Å². The summed E-state index contributed by atoms with van der Waals surface area (Å²) in [5.74, 6) is 3.04. The molecule has 17 heavy (non-hydrogen) atoms. The molecule has 1 heterocycles. The Balaban J connectivity index is 1.72. The molecule has 1 aromatic rings. The van der Waals surface area contributed by atoms with Crippen molar-refractivity contribution in [3.63, 3.8) is 0 Å². The molecule has 0 amide bonds. The smallest absolute Gasteiger partial charge is 0.170 e. The molecule has 96 valence electrons. The quantitative estimate of drug-likeness (QED) is 0.807. The standard InChI is InChI=1S/C12H21N3S2/c1-3-11-14-12(17-15-11)16-8-7-9-5-4-6-10(9)13-2/h9-10,13H,3-8H2,1-2H3. The molecule has 1 fully saturated rings. The molecule has 0 saturated heterocycles. The van der Waals surface area contributed by atoms with Crippen LogP contribution in [0, 0.1) is 5.92 Å². The first-order valence-corrected chi connectivity index (χ1v) is 8.22. The number of hydrogen-bond donors (Lipinski definition) is 1. The van der Waals surface area contributed by atoms with Crippen molar-refractivity contribution >= 4 is 23.3 Å². The third kappa shape index (κ3) is 3.66. The maximum Gasteiger partial charge on any atom is 0.170 e. The zero-order chi connectivity index (χ0) is 12.1. The van der Waals surface area contributed by atoms with E-state index >= 15 is 0 Å². The maximum absolute atomic E-state index is 4.49. The Labute approximate surface area is 112 Å². The van der Waals surface area contributed by atoms with Gasteiger partial charge in [-0.15, -0.1) is 0 Å². The van der Waals surface area contributed by atoms with E-state index in [2.05, 4.69) is 28.6 Å². The molecule has 0 aliphatic heterocycles. The SMILES string of the molecule is CCc1nsc(SCCC2CCCC2NC)n1. The van der Waals surface area contributed by atoms with Crippen molar-refractivity contribution in [2.75, 3.05) is 12.8 Å². The van der Waals surface area contributed by atoms with Gasteiger partial charge in [-0.1, -0.05) is 25.1 Å². The first-order chi connectivity index (χ1) is 8.33. The third-order valence-corrected chi connectivity index (χ3v) is 5.41. The molecule has 1 aliphatic carbocycles. The van der Waals surface area contributed by atoms with E-state index < -0.39 is 0 Å². The van der Waals surface area contributed by atoms with Crippen LogP contribution < -0.4 is 5.32 Å². The van der Waals surface area contributed by atoms with E-state index in [-0.39, 0.29) is 0 Å². The van der Waals surface area contributed by atoms with Crippen molar-refractivity contribution in [2.24, 2.45) is 5.92 Å². The fraction of sp³-hybridized carbons (Fsp3) is 0.833. The van der Waals surface area contributed by atoms with Gasteiger partial charge in [-0.05, 0) is 43.8 Å². The first kappa shape index (κ1) is 13.3. The second kappa shape index (κ2) is 6.71. The van der Waals surface area contributed by atoms with Gasteiger partial charge in [0.1, 0.15) is 5.82 Å². The number of aromatic nitrogens is 2. The fourth-order valence-electron chi connectivity index (χ4n) is 2.50. The predicted molar refractivity (Wildman–Crippen MR) is 74.8 cm³/mol. The lowest BCUT2D eigenvalue weighted by molar-refractivity contribution is 0.417. The van der Waals surface area contributed by atoms with Crippen LogP contribution in [0.25, 0.3) is 0 Å². The van der Waals surface area contributed by atoms with Crippen molar-refractivity contribution in [3.05, 3.63) is 5.82 Å². The molecule has 1 N–H and O–H groups in total. The average Bonchev–Trinajstić information content (AvgIpc) is 2.97. The van der Waals surface area contributed by atoms with Crippen LogP contribution in [0.4, 0.5) is 0 Å². The molecule has 1 saturated carbocycles. The normalized spacial score (nSPS) is 24.4. The number of thioether (sulfide) groups is 1. The van der Waals surface area contributed by atoms with Crippen LogP contribution in [0.15, 0.2) is 4.34 Å². The number of rotatable bonds is 6. The summed E-state index contributed by atoms with van der Waals surface area (Å²) in [5, 5.41) is 3.44. The number of aryl methyl sites for hydroxylation is 1. The Morgan fingerprint density at radius 2 is 2.35 bits per heavy atom. The van der Waals surface area contributed by atoms with E-state index in [0.717, 1.165) is 28.5 Å². The second-order valence-corrected chi connectivity index (χ2v) is 6.65. The lowest BCUT2D eigenvalue weighted by Crippen LogP contribution is -2.29. The minimum atomic E-state index is 0.747. The van der Waals surface area contributed by atoms with Gasteiger partial charge >= 0.3 is 0 Å². The highest BCUT2D eigenvalue weighted by atomic mass is 32.2. The number of nitrogens with one attached hydrogen (secondary N) is 1. The summed E-state index contributed by atoms with van der Waals surface area (Å²) in [7, 11) is 2.09. The van der Waals surface area contributed by atoms with E-state index in [0.29, 0.717) is 0 Å². The monoisotopic (exact) mass is 271 g/mol. The number of hydrogen-bond acceptors (Lipinski definition) is 5. The van der Waals surface area contributed by atoms with Crippen LogP contribution in [0.5, 0.6) is 0 Å². The van der Waals surface area contributed by atoms with E-state index in [1.54, 1.807) is 11.5 Å². The molecular formula is C12H21N3S2. The first-order valence-electron chi connectivity index (χ1n) is 6.46. The van der Waals surface area contributed by atoms with Gasteiger partial charge in [0.25, 0.3) is 0 Å². The lowest BCUT2D eigenvalue weighted by Gasteiger charge is -2.17.